The predicted molar refractivity (Wildman–Crippen MR) is 172 cm³/mol. The van der Waals surface area contributed by atoms with Crippen molar-refractivity contribution in [2.45, 2.75) is 51.8 Å². The van der Waals surface area contributed by atoms with Gasteiger partial charge in [0.25, 0.3) is 0 Å². The second kappa shape index (κ2) is 14.4. The number of hydrogen-bond acceptors (Lipinski definition) is 6. The molecule has 0 saturated carbocycles. The Morgan fingerprint density at radius 3 is 2.47 bits per heavy atom. The Hall–Kier alpha value is -4.72. The molecule has 246 valence electrons. The van der Waals surface area contributed by atoms with Crippen molar-refractivity contribution in [1.29, 1.82) is 0 Å². The van der Waals surface area contributed by atoms with Gasteiger partial charge in [0.05, 0.1) is 17.1 Å². The number of urea groups is 1. The van der Waals surface area contributed by atoms with E-state index in [1.54, 1.807) is 6.07 Å². The number of nitrogens with one attached hydrogen (secondary N) is 1. The summed E-state index contributed by atoms with van der Waals surface area (Å²) >= 11 is 1.17. The quantitative estimate of drug-likeness (QED) is 0.137. The molecule has 0 aliphatic carbocycles. The van der Waals surface area contributed by atoms with Gasteiger partial charge in [-0.1, -0.05) is 56.8 Å². The maximum Gasteiger partial charge on any atom is 0.573 e. The summed E-state index contributed by atoms with van der Waals surface area (Å²) in [5, 5.41) is 7.50. The molecule has 14 heteroatoms. The molecule has 2 heterocycles. The van der Waals surface area contributed by atoms with Gasteiger partial charge >= 0.3 is 12.4 Å². The molecule has 0 bridgehead atoms. The fourth-order valence-corrected chi connectivity index (χ4v) is 5.91. The van der Waals surface area contributed by atoms with Crippen molar-refractivity contribution >= 4 is 34.6 Å². The number of carbonyl (C=O) groups excluding carboxylic acids is 2. The number of hydrogen-bond donors (Lipinski definition) is 1. The highest BCUT2D eigenvalue weighted by Crippen LogP contribution is 2.34. The Balaban J connectivity index is 1.12. The third kappa shape index (κ3) is 8.56. The van der Waals surface area contributed by atoms with Gasteiger partial charge in [0.15, 0.2) is 11.0 Å². The predicted octanol–water partition coefficient (Wildman–Crippen LogP) is 7.82. The molecule has 1 saturated heterocycles. The van der Waals surface area contributed by atoms with E-state index in [9.17, 15) is 27.2 Å². The number of rotatable bonds is 10. The van der Waals surface area contributed by atoms with Crippen molar-refractivity contribution in [3.05, 3.63) is 90.0 Å². The van der Waals surface area contributed by atoms with Crippen molar-refractivity contribution in [2.24, 2.45) is 4.99 Å². The van der Waals surface area contributed by atoms with Gasteiger partial charge in [-0.05, 0) is 78.3 Å². The number of aliphatic imine (C=N–C) groups is 1. The van der Waals surface area contributed by atoms with Crippen LogP contribution in [-0.4, -0.2) is 50.5 Å². The third-order valence-electron chi connectivity index (χ3n) is 7.47. The number of carbonyl (C=O) groups is 2. The van der Waals surface area contributed by atoms with E-state index >= 15 is 0 Å². The van der Waals surface area contributed by atoms with Crippen LogP contribution in [0.3, 0.4) is 0 Å². The molecule has 5 rings (SSSR count). The molecular weight excluding hydrogens is 636 g/mol. The van der Waals surface area contributed by atoms with Crippen LogP contribution in [0.4, 0.5) is 28.0 Å². The van der Waals surface area contributed by atoms with E-state index in [1.807, 2.05) is 38.1 Å². The molecule has 0 spiro atoms. The zero-order chi connectivity index (χ0) is 33.7. The monoisotopic (exact) mass is 668 g/mol. The first-order valence-corrected chi connectivity index (χ1v) is 15.9. The van der Waals surface area contributed by atoms with Crippen LogP contribution in [0.5, 0.6) is 5.75 Å². The molecule has 1 N–H and O–H groups in total. The number of aromatic nitrogens is 3. The van der Waals surface area contributed by atoms with Crippen LogP contribution in [0.25, 0.3) is 17.1 Å². The Morgan fingerprint density at radius 2 is 1.79 bits per heavy atom. The average molecular weight is 669 g/mol. The molecule has 0 radical (unpaired) electrons. The van der Waals surface area contributed by atoms with E-state index in [0.29, 0.717) is 35.7 Å². The third-order valence-corrected chi connectivity index (χ3v) is 8.39. The lowest BCUT2D eigenvalue weighted by atomic mass is 9.95. The number of amidine groups is 1. The fraction of sp³-hybridized carbons (Fsp3) is 0.303. The Labute approximate surface area is 273 Å². The minimum atomic E-state index is -4.76. The molecule has 47 heavy (non-hydrogen) atoms. The molecular formula is C33H32F4N6O3S. The van der Waals surface area contributed by atoms with Crippen LogP contribution in [0.2, 0.25) is 0 Å². The van der Waals surface area contributed by atoms with Gasteiger partial charge in [-0.25, -0.2) is 18.9 Å². The molecule has 3 amide bonds. The topological polar surface area (TPSA) is 102 Å². The van der Waals surface area contributed by atoms with E-state index < -0.39 is 18.2 Å². The van der Waals surface area contributed by atoms with Crippen LogP contribution < -0.4 is 15.0 Å². The Kier molecular flexibility index (Phi) is 10.3. The van der Waals surface area contributed by atoms with E-state index in [-0.39, 0.29) is 34.4 Å². The van der Waals surface area contributed by atoms with Gasteiger partial charge in [-0.3, -0.25) is 9.69 Å². The second-order valence-corrected chi connectivity index (χ2v) is 12.2. The molecule has 4 aromatic rings. The SMILES string of the molecule is CC(C)c1cc(F)ccc1N1C(=O)CSC1=NC(=O)NCCCC(C)c1ccc(-c2ncn(-c3ccc(OC(F)(F)F)cc3)n2)cc1. The van der Waals surface area contributed by atoms with Crippen LogP contribution in [-0.2, 0) is 4.79 Å². The number of anilines is 1. The maximum atomic E-state index is 13.9. The average Bonchev–Trinajstić information content (AvgIpc) is 3.66. The van der Waals surface area contributed by atoms with Gasteiger partial charge in [0.1, 0.15) is 17.9 Å². The largest absolute Gasteiger partial charge is 0.573 e. The van der Waals surface area contributed by atoms with Gasteiger partial charge < -0.3 is 10.1 Å². The first kappa shape index (κ1) is 33.6. The number of alkyl halides is 3. The summed E-state index contributed by atoms with van der Waals surface area (Å²) in [5.74, 6) is -0.160. The molecule has 1 aliphatic heterocycles. The van der Waals surface area contributed by atoms with Crippen molar-refractivity contribution < 1.29 is 31.9 Å². The highest BCUT2D eigenvalue weighted by atomic mass is 32.2. The standard InChI is InChI=1S/C33H32F4N6O3S/c1-20(2)27-17-24(34)10-15-28(27)43-29(44)18-47-32(43)40-31(45)38-16-4-5-21(3)22-6-8-23(9-7-22)30-39-19-42(41-30)25-11-13-26(14-12-25)46-33(35,36)37/h6-15,17,19-21H,4-5,16,18H2,1-3H3,(H,38,45). The van der Waals surface area contributed by atoms with Crippen molar-refractivity contribution in [1.82, 2.24) is 20.1 Å². The van der Waals surface area contributed by atoms with Gasteiger partial charge in [0.2, 0.25) is 5.91 Å². The van der Waals surface area contributed by atoms with E-state index in [1.165, 1.54) is 64.1 Å². The molecule has 1 unspecified atom stereocenters. The van der Waals surface area contributed by atoms with Crippen LogP contribution in [0, 0.1) is 5.82 Å². The summed E-state index contributed by atoms with van der Waals surface area (Å²) in [7, 11) is 0. The highest BCUT2D eigenvalue weighted by Gasteiger charge is 2.33. The zero-order valence-electron chi connectivity index (χ0n) is 25.8. The van der Waals surface area contributed by atoms with Crippen LogP contribution >= 0.6 is 11.8 Å². The maximum absolute atomic E-state index is 13.9. The normalized spacial score (nSPS) is 15.0. The summed E-state index contributed by atoms with van der Waals surface area (Å²) < 4.78 is 56.5. The minimum Gasteiger partial charge on any atom is -0.406 e. The second-order valence-electron chi connectivity index (χ2n) is 11.2. The van der Waals surface area contributed by atoms with E-state index in [4.69, 9.17) is 0 Å². The lowest BCUT2D eigenvalue weighted by Crippen LogP contribution is -2.32. The number of thioether (sulfide) groups is 1. The molecule has 1 aliphatic rings. The highest BCUT2D eigenvalue weighted by molar-refractivity contribution is 8.15. The lowest BCUT2D eigenvalue weighted by molar-refractivity contribution is -0.274. The summed E-state index contributed by atoms with van der Waals surface area (Å²) in [5.41, 5.74) is 3.59. The number of benzene rings is 3. The lowest BCUT2D eigenvalue weighted by Gasteiger charge is -2.21. The number of halogens is 4. The van der Waals surface area contributed by atoms with Crippen LogP contribution in [0.15, 0.2) is 78.0 Å². The molecule has 1 aromatic heterocycles. The summed E-state index contributed by atoms with van der Waals surface area (Å²) in [6, 6.07) is 16.8. The zero-order valence-corrected chi connectivity index (χ0v) is 26.6. The molecule has 1 atom stereocenters. The van der Waals surface area contributed by atoms with Gasteiger partial charge in [-0.2, -0.15) is 4.99 Å². The Morgan fingerprint density at radius 1 is 1.06 bits per heavy atom. The summed E-state index contributed by atoms with van der Waals surface area (Å²) in [6.45, 7) is 6.30. The minimum absolute atomic E-state index is 0.0350. The van der Waals surface area contributed by atoms with Crippen molar-refractivity contribution in [2.75, 3.05) is 17.2 Å². The first-order chi connectivity index (χ1) is 22.4. The number of ether oxygens (including phenoxy) is 1. The smallest absolute Gasteiger partial charge is 0.406 e. The summed E-state index contributed by atoms with van der Waals surface area (Å²) in [4.78, 5) is 35.1. The first-order valence-electron chi connectivity index (χ1n) is 14.9. The van der Waals surface area contributed by atoms with Gasteiger partial charge in [0, 0.05) is 12.1 Å². The van der Waals surface area contributed by atoms with Crippen molar-refractivity contribution in [3.63, 3.8) is 0 Å². The number of amides is 3. The van der Waals surface area contributed by atoms with E-state index in [0.717, 1.165) is 17.5 Å². The molecule has 3 aromatic carbocycles. The van der Waals surface area contributed by atoms with Crippen molar-refractivity contribution in [3.8, 4) is 22.8 Å². The fourth-order valence-electron chi connectivity index (χ4n) is 5.05. The number of nitrogens with zero attached hydrogens (tertiary/aromatic N) is 5. The molecule has 1 fully saturated rings. The summed E-state index contributed by atoms with van der Waals surface area (Å²) in [6.07, 6.45) is -1.78. The molecule has 9 nitrogen and oxygen atoms in total. The van der Waals surface area contributed by atoms with Crippen LogP contribution in [0.1, 0.15) is 56.6 Å². The Bertz CT molecular complexity index is 1760. The van der Waals surface area contributed by atoms with Gasteiger partial charge in [-0.15, -0.1) is 18.3 Å². The van der Waals surface area contributed by atoms with E-state index in [2.05, 4.69) is 32.1 Å².